The largest absolute Gasteiger partial charge is 0.431 e. The van der Waals surface area contributed by atoms with E-state index in [9.17, 15) is 23.1 Å². The van der Waals surface area contributed by atoms with Crippen LogP contribution in [0.5, 0.6) is 0 Å². The molecule has 1 heterocycles. The minimum Gasteiger partial charge on any atom is -0.368 e. The molecule has 8 heteroatoms. The van der Waals surface area contributed by atoms with E-state index < -0.39 is 35.9 Å². The molecule has 0 radical (unpaired) electrons. The van der Waals surface area contributed by atoms with Crippen LogP contribution in [0, 0.1) is 5.92 Å². The van der Waals surface area contributed by atoms with Crippen LogP contribution in [-0.2, 0) is 0 Å². The van der Waals surface area contributed by atoms with E-state index in [4.69, 9.17) is 11.6 Å². The standard InChI is InChI=1S/C17H18ClF3N2O2/c18-13-8-6-11(7-9-13)15(24)23-16(25,12-4-2-1-3-5-12)10-14(22-23)17(19,20)21/h6-9,12,25H,1-5,10H2/t16-/m0/s1. The fourth-order valence-electron chi connectivity index (χ4n) is 3.54. The van der Waals surface area contributed by atoms with E-state index >= 15 is 0 Å². The van der Waals surface area contributed by atoms with Crippen molar-refractivity contribution >= 4 is 23.2 Å². The van der Waals surface area contributed by atoms with Gasteiger partial charge in [0, 0.05) is 22.9 Å². The molecule has 3 rings (SSSR count). The molecule has 1 atom stereocenters. The van der Waals surface area contributed by atoms with E-state index in [0.717, 1.165) is 19.3 Å². The van der Waals surface area contributed by atoms with Gasteiger partial charge in [0.05, 0.1) is 0 Å². The molecule has 0 aromatic heterocycles. The molecule has 1 aliphatic carbocycles. The number of nitrogens with zero attached hydrogens (tertiary/aromatic N) is 2. The number of hydrogen-bond acceptors (Lipinski definition) is 3. The minimum absolute atomic E-state index is 0.130. The first-order valence-electron chi connectivity index (χ1n) is 8.19. The SMILES string of the molecule is O=C(c1ccc(Cl)cc1)N1N=C(C(F)(F)F)C[C@]1(O)C1CCCCC1. The van der Waals surface area contributed by atoms with Crippen molar-refractivity contribution in [3.63, 3.8) is 0 Å². The first kappa shape index (κ1) is 18.2. The van der Waals surface area contributed by atoms with E-state index in [0.29, 0.717) is 22.9 Å². The molecule has 1 aromatic rings. The summed E-state index contributed by atoms with van der Waals surface area (Å²) in [6.45, 7) is 0. The van der Waals surface area contributed by atoms with Crippen molar-refractivity contribution in [3.05, 3.63) is 34.9 Å². The molecule has 136 valence electrons. The lowest BCUT2D eigenvalue weighted by Crippen LogP contribution is -2.52. The van der Waals surface area contributed by atoms with Crippen molar-refractivity contribution in [1.29, 1.82) is 0 Å². The number of alkyl halides is 3. The van der Waals surface area contributed by atoms with Crippen molar-refractivity contribution in [2.24, 2.45) is 11.0 Å². The maximum atomic E-state index is 13.2. The number of amides is 1. The van der Waals surface area contributed by atoms with E-state index in [1.54, 1.807) is 0 Å². The number of hydrogen-bond donors (Lipinski definition) is 1. The first-order valence-corrected chi connectivity index (χ1v) is 8.57. The Morgan fingerprint density at radius 1 is 1.20 bits per heavy atom. The van der Waals surface area contributed by atoms with E-state index in [1.165, 1.54) is 24.3 Å². The predicted octanol–water partition coefficient (Wildman–Crippen LogP) is 4.37. The summed E-state index contributed by atoms with van der Waals surface area (Å²) in [5, 5.41) is 15.6. The summed E-state index contributed by atoms with van der Waals surface area (Å²) in [6, 6.07) is 5.76. The van der Waals surface area contributed by atoms with E-state index in [2.05, 4.69) is 5.10 Å². The Morgan fingerprint density at radius 2 is 1.80 bits per heavy atom. The van der Waals surface area contributed by atoms with Crippen molar-refractivity contribution in [3.8, 4) is 0 Å². The molecule has 25 heavy (non-hydrogen) atoms. The molecule has 4 nitrogen and oxygen atoms in total. The van der Waals surface area contributed by atoms with Gasteiger partial charge in [0.15, 0.2) is 5.72 Å². The van der Waals surface area contributed by atoms with Crippen molar-refractivity contribution in [2.45, 2.75) is 50.4 Å². The minimum atomic E-state index is -4.68. The second-order valence-corrected chi connectivity index (χ2v) is 6.99. The Balaban J connectivity index is 1.96. The first-order chi connectivity index (χ1) is 11.7. The second-order valence-electron chi connectivity index (χ2n) is 6.56. The third-order valence-corrected chi connectivity index (χ3v) is 5.14. The number of carbonyl (C=O) groups is 1. The Kier molecular flexibility index (Phi) is 4.81. The zero-order valence-corrected chi connectivity index (χ0v) is 14.1. The zero-order valence-electron chi connectivity index (χ0n) is 13.4. The number of benzene rings is 1. The summed E-state index contributed by atoms with van der Waals surface area (Å²) in [5.74, 6) is -1.19. The van der Waals surface area contributed by atoms with Crippen LogP contribution in [-0.4, -0.2) is 33.6 Å². The normalized spacial score (nSPS) is 25.2. The van der Waals surface area contributed by atoms with Gasteiger partial charge in [-0.2, -0.15) is 23.3 Å². The van der Waals surface area contributed by atoms with Crippen LogP contribution in [0.4, 0.5) is 13.2 Å². The molecule has 1 N–H and O–H groups in total. The number of rotatable bonds is 2. The predicted molar refractivity (Wildman–Crippen MR) is 87.3 cm³/mol. The van der Waals surface area contributed by atoms with Crippen molar-refractivity contribution in [2.75, 3.05) is 0 Å². The van der Waals surface area contributed by atoms with Gasteiger partial charge in [-0.3, -0.25) is 4.79 Å². The van der Waals surface area contributed by atoms with Crippen LogP contribution < -0.4 is 0 Å². The number of aliphatic hydroxyl groups is 1. The second kappa shape index (κ2) is 6.61. The quantitative estimate of drug-likeness (QED) is 0.835. The lowest BCUT2D eigenvalue weighted by molar-refractivity contribution is -0.123. The fourth-order valence-corrected chi connectivity index (χ4v) is 3.67. The molecule has 1 saturated carbocycles. The van der Waals surface area contributed by atoms with Gasteiger partial charge >= 0.3 is 6.18 Å². The lowest BCUT2D eigenvalue weighted by atomic mass is 9.79. The summed E-state index contributed by atoms with van der Waals surface area (Å²) >= 11 is 5.79. The summed E-state index contributed by atoms with van der Waals surface area (Å²) in [5.41, 5.74) is -2.93. The van der Waals surface area contributed by atoms with Crippen molar-refractivity contribution < 1.29 is 23.1 Å². The average Bonchev–Trinajstić information content (AvgIpc) is 2.95. The summed E-state index contributed by atoms with van der Waals surface area (Å²) < 4.78 is 39.5. The Bertz CT molecular complexity index is 684. The van der Waals surface area contributed by atoms with Gasteiger partial charge in [-0.15, -0.1) is 0 Å². The molecule has 1 aromatic carbocycles. The maximum Gasteiger partial charge on any atom is 0.431 e. The Labute approximate surface area is 148 Å². The number of halogens is 4. The highest BCUT2D eigenvalue weighted by Gasteiger charge is 2.55. The van der Waals surface area contributed by atoms with Crippen LogP contribution in [0.2, 0.25) is 5.02 Å². The molecule has 1 fully saturated rings. The Hall–Kier alpha value is -1.60. The molecule has 0 spiro atoms. The summed E-state index contributed by atoms with van der Waals surface area (Å²) in [4.78, 5) is 12.7. The third kappa shape index (κ3) is 3.53. The average molecular weight is 375 g/mol. The van der Waals surface area contributed by atoms with Crippen LogP contribution in [0.1, 0.15) is 48.9 Å². The Morgan fingerprint density at radius 3 is 2.36 bits per heavy atom. The molecule has 2 aliphatic rings. The fraction of sp³-hybridized carbons (Fsp3) is 0.529. The lowest BCUT2D eigenvalue weighted by Gasteiger charge is -2.40. The van der Waals surface area contributed by atoms with Crippen molar-refractivity contribution in [1.82, 2.24) is 5.01 Å². The molecule has 0 unspecified atom stereocenters. The van der Waals surface area contributed by atoms with Crippen LogP contribution >= 0.6 is 11.6 Å². The van der Waals surface area contributed by atoms with Crippen LogP contribution in [0.15, 0.2) is 29.4 Å². The number of hydrazone groups is 1. The van der Waals surface area contributed by atoms with Gasteiger partial charge in [-0.25, -0.2) is 0 Å². The van der Waals surface area contributed by atoms with Gasteiger partial charge in [0.25, 0.3) is 5.91 Å². The van der Waals surface area contributed by atoms with E-state index in [-0.39, 0.29) is 5.56 Å². The monoisotopic (exact) mass is 374 g/mol. The van der Waals surface area contributed by atoms with Gasteiger partial charge in [0.1, 0.15) is 5.71 Å². The third-order valence-electron chi connectivity index (χ3n) is 4.88. The van der Waals surface area contributed by atoms with Gasteiger partial charge in [-0.05, 0) is 37.1 Å². The summed E-state index contributed by atoms with van der Waals surface area (Å²) in [6.07, 6.45) is -1.62. The highest BCUT2D eigenvalue weighted by Crippen LogP contribution is 2.43. The molecule has 0 saturated heterocycles. The molecular weight excluding hydrogens is 357 g/mol. The topological polar surface area (TPSA) is 52.9 Å². The zero-order chi connectivity index (χ0) is 18.2. The maximum absolute atomic E-state index is 13.2. The van der Waals surface area contributed by atoms with Gasteiger partial charge in [-0.1, -0.05) is 30.9 Å². The van der Waals surface area contributed by atoms with E-state index in [1.807, 2.05) is 0 Å². The van der Waals surface area contributed by atoms with Gasteiger partial charge in [0.2, 0.25) is 0 Å². The molecular formula is C17H18ClF3N2O2. The summed E-state index contributed by atoms with van der Waals surface area (Å²) in [7, 11) is 0. The molecule has 1 amide bonds. The van der Waals surface area contributed by atoms with Crippen LogP contribution in [0.25, 0.3) is 0 Å². The molecule has 1 aliphatic heterocycles. The number of carbonyl (C=O) groups excluding carboxylic acids is 1. The van der Waals surface area contributed by atoms with Gasteiger partial charge < -0.3 is 5.11 Å². The molecule has 0 bridgehead atoms. The highest BCUT2D eigenvalue weighted by molar-refractivity contribution is 6.30. The highest BCUT2D eigenvalue weighted by atomic mass is 35.5. The van der Waals surface area contributed by atoms with Crippen LogP contribution in [0.3, 0.4) is 0 Å². The smallest absolute Gasteiger partial charge is 0.368 e.